The maximum Gasteiger partial charge on any atom is 0.401 e. The fourth-order valence-corrected chi connectivity index (χ4v) is 3.68. The molecule has 90 valence electrons. The van der Waals surface area contributed by atoms with Gasteiger partial charge in [0.1, 0.15) is 0 Å². The van der Waals surface area contributed by atoms with E-state index in [0.29, 0.717) is 0 Å². The Morgan fingerprint density at radius 2 is 1.93 bits per heavy atom. The molecule has 1 aliphatic heterocycles. The third kappa shape index (κ3) is 3.62. The first-order chi connectivity index (χ1) is 6.61. The molecule has 2 unspecified atom stereocenters. The van der Waals surface area contributed by atoms with Crippen molar-refractivity contribution in [3.8, 4) is 0 Å². The summed E-state index contributed by atoms with van der Waals surface area (Å²) >= 11 is 0. The van der Waals surface area contributed by atoms with Gasteiger partial charge in [-0.25, -0.2) is 8.42 Å². The molecule has 0 bridgehead atoms. The molecule has 1 saturated heterocycles. The predicted octanol–water partition coefficient (Wildman–Crippen LogP) is -0.395. The number of nitrogens with zero attached hydrogens (tertiary/aromatic N) is 1. The summed E-state index contributed by atoms with van der Waals surface area (Å²) in [5.74, 6) is -0.527. The quantitative estimate of drug-likeness (QED) is 0.720. The topological polar surface area (TPSA) is 63.4 Å². The van der Waals surface area contributed by atoms with Gasteiger partial charge in [-0.3, -0.25) is 4.90 Å². The van der Waals surface area contributed by atoms with Crippen LogP contribution in [0, 0.1) is 0 Å². The van der Waals surface area contributed by atoms with Crippen molar-refractivity contribution in [3.05, 3.63) is 0 Å². The lowest BCUT2D eigenvalue weighted by atomic mass is 10.1. The van der Waals surface area contributed by atoms with E-state index in [1.54, 1.807) is 0 Å². The smallest absolute Gasteiger partial charge is 0.325 e. The van der Waals surface area contributed by atoms with Gasteiger partial charge in [0.15, 0.2) is 9.84 Å². The second-order valence-corrected chi connectivity index (χ2v) is 5.99. The molecule has 0 saturated carbocycles. The highest BCUT2D eigenvalue weighted by Gasteiger charge is 2.41. The number of hydrogen-bond acceptors (Lipinski definition) is 4. The van der Waals surface area contributed by atoms with E-state index in [1.165, 1.54) is 7.05 Å². The van der Waals surface area contributed by atoms with Crippen molar-refractivity contribution in [2.24, 2.45) is 5.73 Å². The van der Waals surface area contributed by atoms with Crippen molar-refractivity contribution in [1.29, 1.82) is 0 Å². The lowest BCUT2D eigenvalue weighted by molar-refractivity contribution is -0.146. The zero-order valence-electron chi connectivity index (χ0n) is 8.16. The van der Waals surface area contributed by atoms with Gasteiger partial charge in [0.2, 0.25) is 0 Å². The summed E-state index contributed by atoms with van der Waals surface area (Å²) in [5, 5.41) is 0. The highest BCUT2D eigenvalue weighted by atomic mass is 32.2. The van der Waals surface area contributed by atoms with Crippen LogP contribution in [0.3, 0.4) is 0 Å². The average molecular weight is 246 g/mol. The van der Waals surface area contributed by atoms with Gasteiger partial charge < -0.3 is 5.73 Å². The first kappa shape index (κ1) is 12.7. The molecule has 4 nitrogen and oxygen atoms in total. The number of sulfone groups is 1. The summed E-state index contributed by atoms with van der Waals surface area (Å²) in [5.41, 5.74) is 5.49. The number of halogens is 3. The van der Waals surface area contributed by atoms with Crippen molar-refractivity contribution in [2.45, 2.75) is 18.3 Å². The summed E-state index contributed by atoms with van der Waals surface area (Å²) in [6, 6.07) is -1.47. The van der Waals surface area contributed by atoms with Crippen LogP contribution in [-0.4, -0.2) is 56.7 Å². The summed E-state index contributed by atoms with van der Waals surface area (Å²) in [7, 11) is -2.04. The Labute approximate surface area is 86.1 Å². The molecule has 2 atom stereocenters. The van der Waals surface area contributed by atoms with Crippen LogP contribution in [0.5, 0.6) is 0 Å². The van der Waals surface area contributed by atoms with Gasteiger partial charge in [-0.05, 0) is 7.05 Å². The summed E-state index contributed by atoms with van der Waals surface area (Å²) < 4.78 is 58.4. The first-order valence-electron chi connectivity index (χ1n) is 4.34. The van der Waals surface area contributed by atoms with E-state index in [2.05, 4.69) is 0 Å². The molecule has 0 aromatic rings. The van der Waals surface area contributed by atoms with Crippen LogP contribution < -0.4 is 5.73 Å². The van der Waals surface area contributed by atoms with Crippen LogP contribution >= 0.6 is 0 Å². The molecule has 1 heterocycles. The predicted molar refractivity (Wildman–Crippen MR) is 49.1 cm³/mol. The van der Waals surface area contributed by atoms with Crippen LogP contribution in [0.1, 0.15) is 0 Å². The minimum absolute atomic E-state index is 0.236. The molecule has 1 fully saturated rings. The molecule has 1 rings (SSSR count). The Kier molecular flexibility index (Phi) is 3.32. The zero-order valence-corrected chi connectivity index (χ0v) is 8.98. The van der Waals surface area contributed by atoms with Crippen molar-refractivity contribution < 1.29 is 21.6 Å². The Morgan fingerprint density at radius 1 is 1.40 bits per heavy atom. The molecule has 0 amide bonds. The molecule has 0 radical (unpaired) electrons. The van der Waals surface area contributed by atoms with Gasteiger partial charge in [0.05, 0.1) is 18.1 Å². The van der Waals surface area contributed by atoms with Crippen molar-refractivity contribution in [1.82, 2.24) is 4.90 Å². The van der Waals surface area contributed by atoms with Gasteiger partial charge in [-0.15, -0.1) is 0 Å². The molecule has 1 aliphatic rings. The monoisotopic (exact) mass is 246 g/mol. The average Bonchev–Trinajstić information content (AvgIpc) is 2.20. The molecule has 0 aliphatic carbocycles. The third-order valence-electron chi connectivity index (χ3n) is 2.36. The summed E-state index contributed by atoms with van der Waals surface area (Å²) in [6.45, 7) is -1.14. The second kappa shape index (κ2) is 3.91. The molecule has 0 aromatic carbocycles. The molecule has 0 spiro atoms. The van der Waals surface area contributed by atoms with Crippen LogP contribution in [0.4, 0.5) is 13.2 Å². The van der Waals surface area contributed by atoms with Gasteiger partial charge in [-0.1, -0.05) is 0 Å². The van der Waals surface area contributed by atoms with E-state index in [-0.39, 0.29) is 11.5 Å². The largest absolute Gasteiger partial charge is 0.401 e. The fourth-order valence-electron chi connectivity index (χ4n) is 1.71. The number of nitrogens with two attached hydrogens (primary N) is 1. The van der Waals surface area contributed by atoms with E-state index in [0.717, 1.165) is 4.90 Å². The van der Waals surface area contributed by atoms with E-state index in [9.17, 15) is 21.6 Å². The minimum atomic E-state index is -4.33. The number of likely N-dealkylation sites (N-methyl/N-ethyl adjacent to an activating group) is 1. The van der Waals surface area contributed by atoms with E-state index < -0.39 is 34.6 Å². The third-order valence-corrected chi connectivity index (χ3v) is 4.10. The first-order valence-corrected chi connectivity index (χ1v) is 6.16. The molecule has 2 N–H and O–H groups in total. The normalized spacial score (nSPS) is 31.1. The Hall–Kier alpha value is -0.340. The van der Waals surface area contributed by atoms with Crippen LogP contribution in [-0.2, 0) is 9.84 Å². The Bertz CT molecular complexity index is 328. The SMILES string of the molecule is CN(CC(F)(F)F)C1CS(=O)(=O)CC1N. The summed E-state index contributed by atoms with van der Waals surface area (Å²) in [6.07, 6.45) is -4.33. The minimum Gasteiger partial charge on any atom is -0.325 e. The van der Waals surface area contributed by atoms with Crippen molar-refractivity contribution in [3.63, 3.8) is 0 Å². The van der Waals surface area contributed by atoms with Gasteiger partial charge in [-0.2, -0.15) is 13.2 Å². The zero-order chi connectivity index (χ0) is 11.9. The van der Waals surface area contributed by atoms with E-state index in [4.69, 9.17) is 5.73 Å². The standard InChI is InChI=1S/C7H13F3N2O2S/c1-12(4-7(8,9)10)6-3-15(13,14)2-5(6)11/h5-6H,2-4,11H2,1H3. The summed E-state index contributed by atoms with van der Waals surface area (Å²) in [4.78, 5) is 0.954. The molecule has 8 heteroatoms. The number of alkyl halides is 3. The Morgan fingerprint density at radius 3 is 2.27 bits per heavy atom. The lowest BCUT2D eigenvalue weighted by Crippen LogP contribution is -2.48. The van der Waals surface area contributed by atoms with E-state index >= 15 is 0 Å². The number of hydrogen-bond donors (Lipinski definition) is 1. The fraction of sp³-hybridized carbons (Fsp3) is 1.00. The van der Waals surface area contributed by atoms with E-state index in [1.807, 2.05) is 0 Å². The molecule has 0 aromatic heterocycles. The van der Waals surface area contributed by atoms with Gasteiger partial charge >= 0.3 is 6.18 Å². The lowest BCUT2D eigenvalue weighted by Gasteiger charge is -2.27. The molecular formula is C7H13F3N2O2S. The molecule has 15 heavy (non-hydrogen) atoms. The van der Waals surface area contributed by atoms with Crippen molar-refractivity contribution in [2.75, 3.05) is 25.1 Å². The van der Waals surface area contributed by atoms with Crippen LogP contribution in [0.25, 0.3) is 0 Å². The van der Waals surface area contributed by atoms with Crippen LogP contribution in [0.2, 0.25) is 0 Å². The van der Waals surface area contributed by atoms with Crippen LogP contribution in [0.15, 0.2) is 0 Å². The second-order valence-electron chi connectivity index (χ2n) is 3.84. The van der Waals surface area contributed by atoms with Gasteiger partial charge in [0.25, 0.3) is 0 Å². The number of rotatable bonds is 2. The van der Waals surface area contributed by atoms with Crippen molar-refractivity contribution >= 4 is 9.84 Å². The maximum atomic E-state index is 12.0. The highest BCUT2D eigenvalue weighted by molar-refractivity contribution is 7.91. The maximum absolute atomic E-state index is 12.0. The van der Waals surface area contributed by atoms with Gasteiger partial charge in [0, 0.05) is 12.1 Å². The highest BCUT2D eigenvalue weighted by Crippen LogP contribution is 2.21. The Balaban J connectivity index is 2.66. The molecular weight excluding hydrogens is 233 g/mol.